The van der Waals surface area contributed by atoms with Crippen LogP contribution in [0, 0.1) is 5.92 Å². The molecule has 4 aromatic rings. The van der Waals surface area contributed by atoms with Crippen LogP contribution in [0.2, 0.25) is 0 Å². The van der Waals surface area contributed by atoms with E-state index in [1.165, 1.54) is 44.0 Å². The van der Waals surface area contributed by atoms with Crippen molar-refractivity contribution in [3.05, 3.63) is 88.9 Å². The quantitative estimate of drug-likeness (QED) is 0.317. The first-order valence-corrected chi connectivity index (χ1v) is 10.5. The van der Waals surface area contributed by atoms with Crippen molar-refractivity contribution in [1.82, 2.24) is 4.57 Å². The standard InChI is InChI=1S/C25H22BrN/c1-17-15-18(11-13-23(17)26)19-12-14-25-22(16-19)21-9-5-6-10-24(21)27(25)20-7-3-2-4-8-20/h2-10,12-14,16-18H,11,15H2,1H3. The Labute approximate surface area is 168 Å². The molecule has 0 bridgehead atoms. The predicted octanol–water partition coefficient (Wildman–Crippen LogP) is 7.58. The van der Waals surface area contributed by atoms with Crippen LogP contribution in [-0.2, 0) is 0 Å². The van der Waals surface area contributed by atoms with Crippen LogP contribution < -0.4 is 0 Å². The van der Waals surface area contributed by atoms with E-state index in [0.717, 1.165) is 6.42 Å². The van der Waals surface area contributed by atoms with Crippen molar-refractivity contribution in [2.24, 2.45) is 5.92 Å². The van der Waals surface area contributed by atoms with Crippen molar-refractivity contribution < 1.29 is 0 Å². The Morgan fingerprint density at radius 1 is 0.852 bits per heavy atom. The van der Waals surface area contributed by atoms with Crippen molar-refractivity contribution >= 4 is 37.7 Å². The second-order valence-electron chi connectivity index (χ2n) is 7.62. The van der Waals surface area contributed by atoms with Gasteiger partial charge < -0.3 is 4.57 Å². The number of nitrogens with zero attached hydrogens (tertiary/aromatic N) is 1. The molecule has 2 heteroatoms. The number of allylic oxidation sites excluding steroid dienone is 2. The molecule has 1 heterocycles. The van der Waals surface area contributed by atoms with Crippen molar-refractivity contribution in [2.75, 3.05) is 0 Å². The average molecular weight is 416 g/mol. The maximum Gasteiger partial charge on any atom is 0.0541 e. The van der Waals surface area contributed by atoms with Gasteiger partial charge >= 0.3 is 0 Å². The van der Waals surface area contributed by atoms with Crippen LogP contribution in [0.4, 0.5) is 0 Å². The van der Waals surface area contributed by atoms with E-state index >= 15 is 0 Å². The molecule has 1 aliphatic rings. The number of para-hydroxylation sites is 2. The Kier molecular flexibility index (Phi) is 4.17. The molecule has 1 nitrogen and oxygen atoms in total. The molecule has 5 rings (SSSR count). The fraction of sp³-hybridized carbons (Fsp3) is 0.200. The summed E-state index contributed by atoms with van der Waals surface area (Å²) < 4.78 is 3.74. The van der Waals surface area contributed by atoms with E-state index in [9.17, 15) is 0 Å². The first kappa shape index (κ1) is 16.8. The molecule has 0 amide bonds. The Hall–Kier alpha value is -2.32. The second kappa shape index (κ2) is 6.69. The van der Waals surface area contributed by atoms with Gasteiger partial charge in [-0.2, -0.15) is 0 Å². The molecule has 2 atom stereocenters. The number of fused-ring (bicyclic) bond motifs is 3. The summed E-state index contributed by atoms with van der Waals surface area (Å²) in [5.41, 5.74) is 5.23. The van der Waals surface area contributed by atoms with Crippen LogP contribution in [0.3, 0.4) is 0 Å². The molecule has 1 aliphatic carbocycles. The lowest BCUT2D eigenvalue weighted by atomic mass is 9.82. The molecule has 0 fully saturated rings. The lowest BCUT2D eigenvalue weighted by Crippen LogP contribution is -2.09. The number of hydrogen-bond donors (Lipinski definition) is 0. The van der Waals surface area contributed by atoms with E-state index in [4.69, 9.17) is 0 Å². The summed E-state index contributed by atoms with van der Waals surface area (Å²) >= 11 is 3.71. The van der Waals surface area contributed by atoms with Crippen molar-refractivity contribution in [3.8, 4) is 5.69 Å². The molecule has 2 unspecified atom stereocenters. The molecule has 0 spiro atoms. The summed E-state index contributed by atoms with van der Waals surface area (Å²) in [6.45, 7) is 2.31. The van der Waals surface area contributed by atoms with Gasteiger partial charge in [-0.3, -0.25) is 0 Å². The van der Waals surface area contributed by atoms with E-state index in [-0.39, 0.29) is 0 Å². The zero-order valence-electron chi connectivity index (χ0n) is 15.4. The Balaban J connectivity index is 1.71. The van der Waals surface area contributed by atoms with Gasteiger partial charge in [0.15, 0.2) is 0 Å². The van der Waals surface area contributed by atoms with Gasteiger partial charge in [-0.05, 0) is 65.1 Å². The predicted molar refractivity (Wildman–Crippen MR) is 119 cm³/mol. The lowest BCUT2D eigenvalue weighted by molar-refractivity contribution is 0.510. The maximum atomic E-state index is 3.71. The summed E-state index contributed by atoms with van der Waals surface area (Å²) in [6.07, 6.45) is 4.68. The minimum atomic E-state index is 0.601. The van der Waals surface area contributed by atoms with Crippen LogP contribution in [0.25, 0.3) is 27.5 Å². The van der Waals surface area contributed by atoms with E-state index in [1.54, 1.807) is 0 Å². The highest BCUT2D eigenvalue weighted by Gasteiger charge is 2.22. The van der Waals surface area contributed by atoms with E-state index < -0.39 is 0 Å². The molecule has 0 radical (unpaired) electrons. The van der Waals surface area contributed by atoms with Gasteiger partial charge in [-0.25, -0.2) is 0 Å². The van der Waals surface area contributed by atoms with Crippen molar-refractivity contribution in [2.45, 2.75) is 25.7 Å². The Morgan fingerprint density at radius 2 is 1.59 bits per heavy atom. The zero-order valence-corrected chi connectivity index (χ0v) is 17.0. The number of halogens is 1. The van der Waals surface area contributed by atoms with E-state index in [1.807, 2.05) is 0 Å². The molecule has 3 aromatic carbocycles. The van der Waals surface area contributed by atoms with Gasteiger partial charge in [-0.15, -0.1) is 0 Å². The Bertz CT molecular complexity index is 1150. The fourth-order valence-corrected chi connectivity index (χ4v) is 4.84. The smallest absolute Gasteiger partial charge is 0.0541 e. The van der Waals surface area contributed by atoms with Gasteiger partial charge in [0, 0.05) is 16.5 Å². The van der Waals surface area contributed by atoms with Gasteiger partial charge in [0.1, 0.15) is 0 Å². The molecule has 0 aliphatic heterocycles. The lowest BCUT2D eigenvalue weighted by Gasteiger charge is -2.25. The summed E-state index contributed by atoms with van der Waals surface area (Å²) in [4.78, 5) is 0. The van der Waals surface area contributed by atoms with Gasteiger partial charge in [0.2, 0.25) is 0 Å². The highest BCUT2D eigenvalue weighted by atomic mass is 79.9. The number of rotatable bonds is 2. The fourth-order valence-electron chi connectivity index (χ4n) is 4.46. The minimum absolute atomic E-state index is 0.601. The third kappa shape index (κ3) is 2.83. The highest BCUT2D eigenvalue weighted by molar-refractivity contribution is 9.11. The van der Waals surface area contributed by atoms with Crippen LogP contribution in [0.1, 0.15) is 31.2 Å². The molecule has 0 N–H and O–H groups in total. The molecule has 134 valence electrons. The summed E-state index contributed by atoms with van der Waals surface area (Å²) in [7, 11) is 0. The summed E-state index contributed by atoms with van der Waals surface area (Å²) in [5.74, 6) is 1.20. The largest absolute Gasteiger partial charge is 0.309 e. The first-order valence-electron chi connectivity index (χ1n) is 9.66. The molecular formula is C25H22BrN. The summed E-state index contributed by atoms with van der Waals surface area (Å²) in [6, 6.07) is 26.5. The van der Waals surface area contributed by atoms with Crippen LogP contribution in [0.5, 0.6) is 0 Å². The van der Waals surface area contributed by atoms with Gasteiger partial charge in [-0.1, -0.05) is 71.4 Å². The van der Waals surface area contributed by atoms with Crippen LogP contribution in [-0.4, -0.2) is 4.57 Å². The first-order chi connectivity index (χ1) is 13.2. The van der Waals surface area contributed by atoms with Crippen LogP contribution in [0.15, 0.2) is 83.4 Å². The number of hydrogen-bond acceptors (Lipinski definition) is 0. The van der Waals surface area contributed by atoms with Gasteiger partial charge in [0.25, 0.3) is 0 Å². The minimum Gasteiger partial charge on any atom is -0.309 e. The zero-order chi connectivity index (χ0) is 18.4. The SMILES string of the molecule is CC1CC(c2ccc3c(c2)c2ccccc2n3-c2ccccc2)CC=C1Br. The van der Waals surface area contributed by atoms with E-state index in [2.05, 4.69) is 106 Å². The number of benzene rings is 3. The summed E-state index contributed by atoms with van der Waals surface area (Å²) in [5, 5.41) is 2.69. The average Bonchev–Trinajstić information content (AvgIpc) is 3.04. The van der Waals surface area contributed by atoms with Gasteiger partial charge in [0.05, 0.1) is 11.0 Å². The Morgan fingerprint density at radius 3 is 2.41 bits per heavy atom. The van der Waals surface area contributed by atoms with Crippen molar-refractivity contribution in [1.29, 1.82) is 0 Å². The normalized spacial score (nSPS) is 20.1. The third-order valence-corrected chi connectivity index (χ3v) is 6.99. The van der Waals surface area contributed by atoms with Crippen LogP contribution >= 0.6 is 15.9 Å². The highest BCUT2D eigenvalue weighted by Crippen LogP contribution is 2.40. The monoisotopic (exact) mass is 415 g/mol. The second-order valence-corrected chi connectivity index (χ2v) is 8.54. The molecule has 1 aromatic heterocycles. The maximum absolute atomic E-state index is 3.71. The number of aromatic nitrogens is 1. The molecule has 0 saturated heterocycles. The molecule has 27 heavy (non-hydrogen) atoms. The molecular weight excluding hydrogens is 394 g/mol. The molecule has 0 saturated carbocycles. The van der Waals surface area contributed by atoms with Crippen molar-refractivity contribution in [3.63, 3.8) is 0 Å². The topological polar surface area (TPSA) is 4.93 Å². The van der Waals surface area contributed by atoms with E-state index in [0.29, 0.717) is 11.8 Å². The third-order valence-electron chi connectivity index (χ3n) is 5.89.